The second-order valence-corrected chi connectivity index (χ2v) is 3.93. The number of nitrogens with zero attached hydrogens (tertiary/aromatic N) is 1. The van der Waals surface area contributed by atoms with Crippen molar-refractivity contribution in [2.75, 3.05) is 11.1 Å². The maximum Gasteiger partial charge on any atom is 0.433 e. The van der Waals surface area contributed by atoms with Gasteiger partial charge in [-0.05, 0) is 25.3 Å². The lowest BCUT2D eigenvalue weighted by molar-refractivity contribution is -0.141. The van der Waals surface area contributed by atoms with E-state index in [-0.39, 0.29) is 11.7 Å². The molecule has 0 atom stereocenters. The Morgan fingerprint density at radius 3 is 2.56 bits per heavy atom. The minimum atomic E-state index is -4.43. The molecule has 1 fully saturated rings. The summed E-state index contributed by atoms with van der Waals surface area (Å²) >= 11 is 0. The highest BCUT2D eigenvalue weighted by Crippen LogP contribution is 2.32. The van der Waals surface area contributed by atoms with E-state index in [4.69, 9.17) is 5.73 Å². The van der Waals surface area contributed by atoms with Crippen LogP contribution in [-0.2, 0) is 6.18 Å². The molecule has 1 saturated carbocycles. The summed E-state index contributed by atoms with van der Waals surface area (Å²) in [5.41, 5.74) is 5.23. The Morgan fingerprint density at radius 2 is 2.06 bits per heavy atom. The van der Waals surface area contributed by atoms with Gasteiger partial charge in [-0.2, -0.15) is 13.2 Å². The third kappa shape index (κ3) is 2.20. The molecule has 0 aromatic carbocycles. The number of hydrogen-bond acceptors (Lipinski definition) is 3. The summed E-state index contributed by atoms with van der Waals surface area (Å²) in [5, 5.41) is 2.99. The molecule has 88 valence electrons. The lowest BCUT2D eigenvalue weighted by atomic mass is 9.93. The first-order valence-electron chi connectivity index (χ1n) is 5.06. The summed E-state index contributed by atoms with van der Waals surface area (Å²) in [4.78, 5) is 3.27. The van der Waals surface area contributed by atoms with Crippen molar-refractivity contribution < 1.29 is 13.2 Å². The van der Waals surface area contributed by atoms with Gasteiger partial charge in [0.15, 0.2) is 0 Å². The number of halogens is 3. The minimum absolute atomic E-state index is 0.241. The normalized spacial score (nSPS) is 16.9. The van der Waals surface area contributed by atoms with Crippen LogP contribution in [0.15, 0.2) is 12.3 Å². The number of hydrogen-bond donors (Lipinski definition) is 2. The van der Waals surface area contributed by atoms with Crippen LogP contribution in [0, 0.1) is 0 Å². The number of aromatic nitrogens is 1. The Hall–Kier alpha value is -1.46. The van der Waals surface area contributed by atoms with E-state index in [0.29, 0.717) is 5.69 Å². The third-order valence-corrected chi connectivity index (χ3v) is 2.69. The van der Waals surface area contributed by atoms with Crippen LogP contribution >= 0.6 is 0 Å². The zero-order valence-corrected chi connectivity index (χ0v) is 8.51. The van der Waals surface area contributed by atoms with E-state index in [0.717, 1.165) is 31.5 Å². The van der Waals surface area contributed by atoms with Crippen molar-refractivity contribution >= 4 is 11.4 Å². The Bertz CT molecular complexity index is 385. The number of anilines is 2. The van der Waals surface area contributed by atoms with Gasteiger partial charge in [0.1, 0.15) is 5.69 Å². The van der Waals surface area contributed by atoms with Gasteiger partial charge >= 0.3 is 6.18 Å². The van der Waals surface area contributed by atoms with Gasteiger partial charge in [0, 0.05) is 6.04 Å². The van der Waals surface area contributed by atoms with Crippen molar-refractivity contribution in [2.45, 2.75) is 31.5 Å². The summed E-state index contributed by atoms with van der Waals surface area (Å²) in [6.45, 7) is 0. The molecule has 1 aromatic heterocycles. The average Bonchev–Trinajstić information content (AvgIpc) is 2.11. The van der Waals surface area contributed by atoms with Crippen LogP contribution in [0.25, 0.3) is 0 Å². The monoisotopic (exact) mass is 231 g/mol. The van der Waals surface area contributed by atoms with Crippen LogP contribution in [0.2, 0.25) is 0 Å². The fourth-order valence-corrected chi connectivity index (χ4v) is 1.52. The topological polar surface area (TPSA) is 50.9 Å². The molecule has 0 radical (unpaired) electrons. The first kappa shape index (κ1) is 11.0. The van der Waals surface area contributed by atoms with Crippen molar-refractivity contribution in [1.82, 2.24) is 4.98 Å². The highest BCUT2D eigenvalue weighted by Gasteiger charge is 2.33. The van der Waals surface area contributed by atoms with E-state index in [1.807, 2.05) is 0 Å². The molecule has 1 aliphatic carbocycles. The third-order valence-electron chi connectivity index (χ3n) is 2.69. The molecule has 0 saturated heterocycles. The lowest BCUT2D eigenvalue weighted by Gasteiger charge is -2.28. The Kier molecular flexibility index (Phi) is 2.65. The summed E-state index contributed by atoms with van der Waals surface area (Å²) in [7, 11) is 0. The van der Waals surface area contributed by atoms with Crippen LogP contribution in [-0.4, -0.2) is 11.0 Å². The summed E-state index contributed by atoms with van der Waals surface area (Å²) in [6, 6.07) is 1.21. The quantitative estimate of drug-likeness (QED) is 0.822. The highest BCUT2D eigenvalue weighted by atomic mass is 19.4. The van der Waals surface area contributed by atoms with E-state index >= 15 is 0 Å². The van der Waals surface area contributed by atoms with Crippen LogP contribution < -0.4 is 11.1 Å². The van der Waals surface area contributed by atoms with Gasteiger partial charge in [-0.25, -0.2) is 4.98 Å². The first-order chi connectivity index (χ1) is 7.47. The SMILES string of the molecule is Nc1cnc(C(F)(F)F)cc1NC1CCC1. The Balaban J connectivity index is 2.21. The van der Waals surface area contributed by atoms with Crippen molar-refractivity contribution in [1.29, 1.82) is 0 Å². The van der Waals surface area contributed by atoms with Crippen LogP contribution in [0.5, 0.6) is 0 Å². The molecule has 2 rings (SSSR count). The van der Waals surface area contributed by atoms with Gasteiger partial charge in [0.2, 0.25) is 0 Å². The second-order valence-electron chi connectivity index (χ2n) is 3.93. The zero-order valence-electron chi connectivity index (χ0n) is 8.51. The molecule has 0 spiro atoms. The zero-order chi connectivity index (χ0) is 11.8. The molecule has 1 heterocycles. The molecule has 3 N–H and O–H groups in total. The van der Waals surface area contributed by atoms with Crippen molar-refractivity contribution in [3.05, 3.63) is 18.0 Å². The number of nitrogen functional groups attached to an aromatic ring is 1. The molecule has 0 bridgehead atoms. The fraction of sp³-hybridized carbons (Fsp3) is 0.500. The Labute approximate surface area is 90.9 Å². The number of nitrogens with two attached hydrogens (primary N) is 1. The molecule has 16 heavy (non-hydrogen) atoms. The molecule has 1 aromatic rings. The second kappa shape index (κ2) is 3.84. The highest BCUT2D eigenvalue weighted by molar-refractivity contribution is 5.66. The number of pyridine rings is 1. The summed E-state index contributed by atoms with van der Waals surface area (Å²) < 4.78 is 37.2. The molecular formula is C10H12F3N3. The summed E-state index contributed by atoms with van der Waals surface area (Å²) in [5.74, 6) is 0. The molecule has 0 unspecified atom stereocenters. The molecule has 0 amide bonds. The van der Waals surface area contributed by atoms with E-state index in [2.05, 4.69) is 10.3 Å². The first-order valence-corrected chi connectivity index (χ1v) is 5.06. The van der Waals surface area contributed by atoms with Crippen LogP contribution in [0.3, 0.4) is 0 Å². The van der Waals surface area contributed by atoms with Gasteiger partial charge in [-0.3, -0.25) is 0 Å². The Morgan fingerprint density at radius 1 is 1.38 bits per heavy atom. The fourth-order valence-electron chi connectivity index (χ4n) is 1.52. The van der Waals surface area contributed by atoms with Crippen molar-refractivity contribution in [3.8, 4) is 0 Å². The average molecular weight is 231 g/mol. The van der Waals surface area contributed by atoms with Gasteiger partial charge in [-0.15, -0.1) is 0 Å². The molecule has 1 aliphatic rings. The maximum absolute atomic E-state index is 12.4. The van der Waals surface area contributed by atoms with E-state index in [9.17, 15) is 13.2 Å². The number of alkyl halides is 3. The maximum atomic E-state index is 12.4. The van der Waals surface area contributed by atoms with Crippen LogP contribution in [0.4, 0.5) is 24.5 Å². The number of nitrogens with one attached hydrogen (secondary N) is 1. The van der Waals surface area contributed by atoms with Gasteiger partial charge in [0.25, 0.3) is 0 Å². The van der Waals surface area contributed by atoms with Crippen LogP contribution in [0.1, 0.15) is 25.0 Å². The minimum Gasteiger partial charge on any atom is -0.396 e. The van der Waals surface area contributed by atoms with Gasteiger partial charge in [0.05, 0.1) is 17.6 Å². The largest absolute Gasteiger partial charge is 0.433 e. The van der Waals surface area contributed by atoms with E-state index in [1.54, 1.807) is 0 Å². The van der Waals surface area contributed by atoms with E-state index in [1.165, 1.54) is 0 Å². The molecule has 3 nitrogen and oxygen atoms in total. The predicted octanol–water partition coefficient (Wildman–Crippen LogP) is 2.65. The smallest absolute Gasteiger partial charge is 0.396 e. The van der Waals surface area contributed by atoms with Gasteiger partial charge in [-0.1, -0.05) is 0 Å². The van der Waals surface area contributed by atoms with Crippen molar-refractivity contribution in [3.63, 3.8) is 0 Å². The standard InChI is InChI=1S/C10H12F3N3/c11-10(12,13)9-4-8(7(14)5-15-9)16-6-2-1-3-6/h4-6H,1-3,14H2,(H,15,16). The molecular weight excluding hydrogens is 219 g/mol. The predicted molar refractivity (Wildman–Crippen MR) is 54.9 cm³/mol. The molecule has 0 aliphatic heterocycles. The summed E-state index contributed by atoms with van der Waals surface area (Å²) in [6.07, 6.45) is -0.325. The van der Waals surface area contributed by atoms with Crippen molar-refractivity contribution in [2.24, 2.45) is 0 Å². The lowest BCUT2D eigenvalue weighted by Crippen LogP contribution is -2.27. The number of rotatable bonds is 2. The van der Waals surface area contributed by atoms with Gasteiger partial charge < -0.3 is 11.1 Å². The molecule has 6 heteroatoms. The van der Waals surface area contributed by atoms with E-state index < -0.39 is 11.9 Å².